The van der Waals surface area contributed by atoms with E-state index in [-0.39, 0.29) is 5.91 Å². The minimum atomic E-state index is -0.0400. The second-order valence-electron chi connectivity index (χ2n) is 6.08. The molecular weight excluding hydrogens is 332 g/mol. The Labute approximate surface area is 150 Å². The van der Waals surface area contributed by atoms with E-state index in [9.17, 15) is 4.79 Å². The molecule has 0 bridgehead atoms. The van der Waals surface area contributed by atoms with Gasteiger partial charge in [0, 0.05) is 17.6 Å². The first kappa shape index (κ1) is 15.8. The zero-order valence-electron chi connectivity index (χ0n) is 14.2. The van der Waals surface area contributed by atoms with Crippen LogP contribution in [0, 0.1) is 6.92 Å². The molecule has 0 fully saturated rings. The van der Waals surface area contributed by atoms with Gasteiger partial charge in [-0.2, -0.15) is 0 Å². The van der Waals surface area contributed by atoms with E-state index in [4.69, 9.17) is 4.74 Å². The fourth-order valence-corrected chi connectivity index (χ4v) is 3.98. The lowest BCUT2D eigenvalue weighted by Gasteiger charge is -2.16. The smallest absolute Gasteiger partial charge is 0.277 e. The van der Waals surface area contributed by atoms with Gasteiger partial charge >= 0.3 is 0 Å². The fourth-order valence-electron chi connectivity index (χ4n) is 3.16. The van der Waals surface area contributed by atoms with E-state index in [1.165, 1.54) is 16.9 Å². The molecule has 0 N–H and O–H groups in total. The van der Waals surface area contributed by atoms with E-state index in [1.54, 1.807) is 7.11 Å². The summed E-state index contributed by atoms with van der Waals surface area (Å²) in [5.74, 6) is 0.722. The number of aryl methyl sites for hydroxylation is 1. The van der Waals surface area contributed by atoms with Gasteiger partial charge in [0.25, 0.3) is 5.91 Å². The van der Waals surface area contributed by atoms with Gasteiger partial charge in [-0.15, -0.1) is 11.3 Å². The van der Waals surface area contributed by atoms with Crippen molar-refractivity contribution in [3.63, 3.8) is 0 Å². The molecule has 0 aliphatic carbocycles. The molecule has 1 aliphatic heterocycles. The van der Waals surface area contributed by atoms with Gasteiger partial charge in [0.05, 0.1) is 12.7 Å². The minimum Gasteiger partial charge on any atom is -0.496 e. The molecule has 25 heavy (non-hydrogen) atoms. The summed E-state index contributed by atoms with van der Waals surface area (Å²) in [6, 6.07) is 14.0. The molecule has 2 heterocycles. The van der Waals surface area contributed by atoms with Gasteiger partial charge < -0.3 is 9.64 Å². The predicted molar refractivity (Wildman–Crippen MR) is 101 cm³/mol. The highest BCUT2D eigenvalue weighted by molar-refractivity contribution is 7.13. The molecule has 4 rings (SSSR count). The summed E-state index contributed by atoms with van der Waals surface area (Å²) in [6.45, 7) is 2.75. The van der Waals surface area contributed by atoms with Crippen LogP contribution in [0.15, 0.2) is 47.8 Å². The third kappa shape index (κ3) is 2.81. The van der Waals surface area contributed by atoms with Crippen LogP contribution < -0.4 is 9.64 Å². The van der Waals surface area contributed by atoms with Crippen LogP contribution in [-0.2, 0) is 6.42 Å². The van der Waals surface area contributed by atoms with Gasteiger partial charge in [0.1, 0.15) is 16.5 Å². The van der Waals surface area contributed by atoms with Crippen molar-refractivity contribution in [3.8, 4) is 16.3 Å². The normalized spacial score (nSPS) is 13.0. The van der Waals surface area contributed by atoms with Crippen molar-refractivity contribution in [2.24, 2.45) is 0 Å². The first-order valence-corrected chi connectivity index (χ1v) is 9.05. The maximum atomic E-state index is 13.0. The standard InChI is InChI=1S/C20H18N2O2S/c1-13-7-8-14-9-10-22(17(14)11-13)20(23)16-12-25-19(21-16)15-5-3-4-6-18(15)24-2/h3-8,11-12H,9-10H2,1-2H3. The lowest BCUT2D eigenvalue weighted by Crippen LogP contribution is -2.29. The van der Waals surface area contributed by atoms with E-state index in [1.807, 2.05) is 41.5 Å². The SMILES string of the molecule is COc1ccccc1-c1nc(C(=O)N2CCc3ccc(C)cc32)cs1. The molecule has 0 saturated heterocycles. The topological polar surface area (TPSA) is 42.4 Å². The Kier molecular flexibility index (Phi) is 4.01. The van der Waals surface area contributed by atoms with Gasteiger partial charge in [0.15, 0.2) is 0 Å². The van der Waals surface area contributed by atoms with Crippen molar-refractivity contribution < 1.29 is 9.53 Å². The molecular formula is C20H18N2O2S. The summed E-state index contributed by atoms with van der Waals surface area (Å²) in [7, 11) is 1.64. The Hall–Kier alpha value is -2.66. The number of amides is 1. The fraction of sp³-hybridized carbons (Fsp3) is 0.200. The molecule has 0 atom stereocenters. The van der Waals surface area contributed by atoms with Crippen LogP contribution in [-0.4, -0.2) is 24.5 Å². The van der Waals surface area contributed by atoms with E-state index in [0.29, 0.717) is 12.2 Å². The quantitative estimate of drug-likeness (QED) is 0.706. The van der Waals surface area contributed by atoms with Crippen LogP contribution in [0.25, 0.3) is 10.6 Å². The van der Waals surface area contributed by atoms with E-state index in [0.717, 1.165) is 34.0 Å². The zero-order chi connectivity index (χ0) is 17.4. The minimum absolute atomic E-state index is 0.0400. The van der Waals surface area contributed by atoms with Gasteiger partial charge in [0.2, 0.25) is 0 Å². The zero-order valence-corrected chi connectivity index (χ0v) is 15.0. The van der Waals surface area contributed by atoms with Crippen LogP contribution in [0.4, 0.5) is 5.69 Å². The van der Waals surface area contributed by atoms with Gasteiger partial charge in [-0.1, -0.05) is 24.3 Å². The number of aromatic nitrogens is 1. The van der Waals surface area contributed by atoms with E-state index in [2.05, 4.69) is 23.2 Å². The average Bonchev–Trinajstić information content (AvgIpc) is 3.28. The Bertz CT molecular complexity index is 948. The number of thiazole rings is 1. The summed E-state index contributed by atoms with van der Waals surface area (Å²) in [4.78, 5) is 19.4. The van der Waals surface area contributed by atoms with Crippen molar-refractivity contribution in [2.45, 2.75) is 13.3 Å². The molecule has 0 spiro atoms. The molecule has 126 valence electrons. The highest BCUT2D eigenvalue weighted by atomic mass is 32.1. The number of carbonyl (C=O) groups is 1. The Morgan fingerprint density at radius 1 is 1.24 bits per heavy atom. The number of rotatable bonds is 3. The third-order valence-corrected chi connectivity index (χ3v) is 5.32. The number of nitrogens with zero attached hydrogens (tertiary/aromatic N) is 2. The van der Waals surface area contributed by atoms with E-state index < -0.39 is 0 Å². The van der Waals surface area contributed by atoms with Crippen LogP contribution in [0.5, 0.6) is 5.75 Å². The van der Waals surface area contributed by atoms with Crippen LogP contribution >= 0.6 is 11.3 Å². The first-order chi connectivity index (χ1) is 12.2. The second-order valence-corrected chi connectivity index (χ2v) is 6.94. The monoisotopic (exact) mass is 350 g/mol. The van der Waals surface area contributed by atoms with E-state index >= 15 is 0 Å². The lowest BCUT2D eigenvalue weighted by molar-refractivity contribution is 0.0985. The van der Waals surface area contributed by atoms with Crippen molar-refractivity contribution >= 4 is 22.9 Å². The predicted octanol–water partition coefficient (Wildman–Crippen LogP) is 4.33. The average molecular weight is 350 g/mol. The number of anilines is 1. The Balaban J connectivity index is 1.66. The number of fused-ring (bicyclic) bond motifs is 1. The number of ether oxygens (including phenoxy) is 1. The summed E-state index contributed by atoms with van der Waals surface area (Å²) in [5, 5.41) is 2.63. The van der Waals surface area contributed by atoms with Crippen LogP contribution in [0.1, 0.15) is 21.6 Å². The number of hydrogen-bond donors (Lipinski definition) is 0. The highest BCUT2D eigenvalue weighted by Crippen LogP contribution is 2.34. The van der Waals surface area contributed by atoms with Crippen molar-refractivity contribution in [2.75, 3.05) is 18.6 Å². The number of carbonyl (C=O) groups excluding carboxylic acids is 1. The van der Waals surface area contributed by atoms with Crippen LogP contribution in [0.2, 0.25) is 0 Å². The molecule has 0 unspecified atom stereocenters. The summed E-state index contributed by atoms with van der Waals surface area (Å²) in [5.41, 5.74) is 4.79. The summed E-state index contributed by atoms with van der Waals surface area (Å²) < 4.78 is 5.40. The molecule has 1 aliphatic rings. The largest absolute Gasteiger partial charge is 0.496 e. The lowest BCUT2D eigenvalue weighted by atomic mass is 10.1. The number of methoxy groups -OCH3 is 1. The summed E-state index contributed by atoms with van der Waals surface area (Å²) in [6.07, 6.45) is 0.894. The van der Waals surface area contributed by atoms with Crippen molar-refractivity contribution in [1.29, 1.82) is 0 Å². The number of benzene rings is 2. The van der Waals surface area contributed by atoms with Crippen LogP contribution in [0.3, 0.4) is 0 Å². The second kappa shape index (κ2) is 6.33. The third-order valence-electron chi connectivity index (χ3n) is 4.44. The molecule has 3 aromatic rings. The van der Waals surface area contributed by atoms with Gasteiger partial charge in [-0.25, -0.2) is 4.98 Å². The van der Waals surface area contributed by atoms with Crippen molar-refractivity contribution in [1.82, 2.24) is 4.98 Å². The Morgan fingerprint density at radius 2 is 2.08 bits per heavy atom. The Morgan fingerprint density at radius 3 is 2.92 bits per heavy atom. The highest BCUT2D eigenvalue weighted by Gasteiger charge is 2.27. The van der Waals surface area contributed by atoms with Gasteiger partial charge in [-0.3, -0.25) is 4.79 Å². The van der Waals surface area contributed by atoms with Gasteiger partial charge in [-0.05, 0) is 42.7 Å². The molecule has 1 aromatic heterocycles. The molecule has 2 aromatic carbocycles. The summed E-state index contributed by atoms with van der Waals surface area (Å²) >= 11 is 1.47. The molecule has 1 amide bonds. The number of hydrogen-bond acceptors (Lipinski definition) is 4. The molecule has 0 radical (unpaired) electrons. The maximum absolute atomic E-state index is 13.0. The molecule has 5 heteroatoms. The molecule has 4 nitrogen and oxygen atoms in total. The first-order valence-electron chi connectivity index (χ1n) is 8.17. The molecule has 0 saturated carbocycles. The van der Waals surface area contributed by atoms with Crippen molar-refractivity contribution in [3.05, 3.63) is 64.7 Å². The maximum Gasteiger partial charge on any atom is 0.277 e. The number of para-hydroxylation sites is 1.